The zero-order chi connectivity index (χ0) is 12.8. The SMILES string of the molecule is Cc1ncccc1OC(CNC(C)C)C(C)C. The van der Waals surface area contributed by atoms with E-state index in [4.69, 9.17) is 4.74 Å². The molecule has 1 atom stereocenters. The van der Waals surface area contributed by atoms with Crippen LogP contribution < -0.4 is 10.1 Å². The highest BCUT2D eigenvalue weighted by Crippen LogP contribution is 2.18. The molecular formula is C14H24N2O. The van der Waals surface area contributed by atoms with Crippen LogP contribution in [0.25, 0.3) is 0 Å². The van der Waals surface area contributed by atoms with Crippen molar-refractivity contribution in [2.24, 2.45) is 5.92 Å². The van der Waals surface area contributed by atoms with Crippen molar-refractivity contribution < 1.29 is 4.74 Å². The fourth-order valence-corrected chi connectivity index (χ4v) is 1.52. The first-order valence-electron chi connectivity index (χ1n) is 6.32. The summed E-state index contributed by atoms with van der Waals surface area (Å²) in [5, 5.41) is 3.42. The molecule has 96 valence electrons. The van der Waals surface area contributed by atoms with Gasteiger partial charge in [0.15, 0.2) is 0 Å². The zero-order valence-corrected chi connectivity index (χ0v) is 11.5. The van der Waals surface area contributed by atoms with Crippen LogP contribution in [0.2, 0.25) is 0 Å². The fraction of sp³-hybridized carbons (Fsp3) is 0.643. The summed E-state index contributed by atoms with van der Waals surface area (Å²) in [6.07, 6.45) is 1.97. The lowest BCUT2D eigenvalue weighted by atomic mass is 10.1. The highest BCUT2D eigenvalue weighted by Gasteiger charge is 2.16. The summed E-state index contributed by atoms with van der Waals surface area (Å²) in [6, 6.07) is 4.37. The van der Waals surface area contributed by atoms with Gasteiger partial charge in [0.2, 0.25) is 0 Å². The van der Waals surface area contributed by atoms with Crippen molar-refractivity contribution in [1.29, 1.82) is 0 Å². The number of hydrogen-bond donors (Lipinski definition) is 1. The van der Waals surface area contributed by atoms with Crippen LogP contribution >= 0.6 is 0 Å². The third kappa shape index (κ3) is 4.73. The predicted molar refractivity (Wildman–Crippen MR) is 71.4 cm³/mol. The number of nitrogens with one attached hydrogen (secondary N) is 1. The monoisotopic (exact) mass is 236 g/mol. The first-order chi connectivity index (χ1) is 8.00. The summed E-state index contributed by atoms with van der Waals surface area (Å²) in [7, 11) is 0. The number of pyridine rings is 1. The molecule has 1 unspecified atom stereocenters. The van der Waals surface area contributed by atoms with E-state index in [1.54, 1.807) is 6.20 Å². The topological polar surface area (TPSA) is 34.1 Å². The van der Waals surface area contributed by atoms with Gasteiger partial charge in [0.1, 0.15) is 11.9 Å². The quantitative estimate of drug-likeness (QED) is 0.824. The van der Waals surface area contributed by atoms with Crippen molar-refractivity contribution in [3.8, 4) is 5.75 Å². The maximum Gasteiger partial charge on any atom is 0.140 e. The van der Waals surface area contributed by atoms with Gasteiger partial charge in [-0.2, -0.15) is 0 Å². The highest BCUT2D eigenvalue weighted by atomic mass is 16.5. The number of hydrogen-bond acceptors (Lipinski definition) is 3. The maximum atomic E-state index is 6.03. The maximum absolute atomic E-state index is 6.03. The van der Waals surface area contributed by atoms with E-state index in [2.05, 4.69) is 38.0 Å². The van der Waals surface area contributed by atoms with Crippen LogP contribution in [-0.4, -0.2) is 23.7 Å². The molecule has 1 N–H and O–H groups in total. The van der Waals surface area contributed by atoms with Gasteiger partial charge in [-0.1, -0.05) is 27.7 Å². The second-order valence-electron chi connectivity index (χ2n) is 5.05. The molecule has 1 rings (SSSR count). The molecule has 1 heterocycles. The van der Waals surface area contributed by atoms with E-state index in [0.717, 1.165) is 18.0 Å². The van der Waals surface area contributed by atoms with Gasteiger partial charge in [-0.3, -0.25) is 4.98 Å². The Morgan fingerprint density at radius 1 is 1.29 bits per heavy atom. The van der Waals surface area contributed by atoms with Crippen LogP contribution in [0.3, 0.4) is 0 Å². The minimum absolute atomic E-state index is 0.181. The summed E-state index contributed by atoms with van der Waals surface area (Å²) in [4.78, 5) is 4.24. The Morgan fingerprint density at radius 2 is 2.00 bits per heavy atom. The minimum atomic E-state index is 0.181. The molecule has 0 aliphatic carbocycles. The molecule has 3 heteroatoms. The molecule has 1 aromatic rings. The van der Waals surface area contributed by atoms with Crippen molar-refractivity contribution in [1.82, 2.24) is 10.3 Å². The second-order valence-corrected chi connectivity index (χ2v) is 5.05. The van der Waals surface area contributed by atoms with Gasteiger partial charge in [-0.15, -0.1) is 0 Å². The van der Waals surface area contributed by atoms with Gasteiger partial charge in [-0.25, -0.2) is 0 Å². The van der Waals surface area contributed by atoms with Crippen LogP contribution in [0.1, 0.15) is 33.4 Å². The number of nitrogens with zero attached hydrogens (tertiary/aromatic N) is 1. The molecule has 17 heavy (non-hydrogen) atoms. The zero-order valence-electron chi connectivity index (χ0n) is 11.5. The van der Waals surface area contributed by atoms with Crippen LogP contribution in [0, 0.1) is 12.8 Å². The van der Waals surface area contributed by atoms with E-state index in [1.807, 2.05) is 19.1 Å². The van der Waals surface area contributed by atoms with E-state index < -0.39 is 0 Å². The number of ether oxygens (including phenoxy) is 1. The summed E-state index contributed by atoms with van der Waals surface area (Å²) in [5.41, 5.74) is 0.947. The molecule has 1 aromatic heterocycles. The van der Waals surface area contributed by atoms with E-state index >= 15 is 0 Å². The lowest BCUT2D eigenvalue weighted by Gasteiger charge is -2.24. The molecule has 0 aliphatic heterocycles. The summed E-state index contributed by atoms with van der Waals surface area (Å²) >= 11 is 0. The average Bonchev–Trinajstić information content (AvgIpc) is 2.25. The van der Waals surface area contributed by atoms with Crippen molar-refractivity contribution in [2.45, 2.75) is 46.8 Å². The first kappa shape index (κ1) is 14.0. The fourth-order valence-electron chi connectivity index (χ4n) is 1.52. The lowest BCUT2D eigenvalue weighted by Crippen LogP contribution is -2.38. The number of rotatable bonds is 6. The van der Waals surface area contributed by atoms with Gasteiger partial charge < -0.3 is 10.1 Å². The first-order valence-corrected chi connectivity index (χ1v) is 6.32. The van der Waals surface area contributed by atoms with E-state index in [1.165, 1.54) is 0 Å². The third-order valence-electron chi connectivity index (χ3n) is 2.71. The molecule has 0 amide bonds. The highest BCUT2D eigenvalue weighted by molar-refractivity contribution is 5.25. The van der Waals surface area contributed by atoms with Gasteiger partial charge in [0, 0.05) is 18.8 Å². The molecule has 0 aromatic carbocycles. The van der Waals surface area contributed by atoms with Crippen molar-refractivity contribution in [3.63, 3.8) is 0 Å². The van der Waals surface area contributed by atoms with E-state index in [0.29, 0.717) is 12.0 Å². The Morgan fingerprint density at radius 3 is 2.53 bits per heavy atom. The second kappa shape index (κ2) is 6.60. The molecule has 0 spiro atoms. The Bertz CT molecular complexity index is 337. The Hall–Kier alpha value is -1.09. The van der Waals surface area contributed by atoms with Gasteiger partial charge in [-0.05, 0) is 25.0 Å². The summed E-state index contributed by atoms with van der Waals surface area (Å²) in [6.45, 7) is 11.5. The number of aromatic nitrogens is 1. The van der Waals surface area contributed by atoms with Crippen LogP contribution in [0.5, 0.6) is 5.75 Å². The van der Waals surface area contributed by atoms with E-state index in [9.17, 15) is 0 Å². The lowest BCUT2D eigenvalue weighted by molar-refractivity contribution is 0.145. The molecular weight excluding hydrogens is 212 g/mol. The average molecular weight is 236 g/mol. The third-order valence-corrected chi connectivity index (χ3v) is 2.71. The van der Waals surface area contributed by atoms with Crippen LogP contribution in [0.15, 0.2) is 18.3 Å². The molecule has 3 nitrogen and oxygen atoms in total. The van der Waals surface area contributed by atoms with Gasteiger partial charge in [0.05, 0.1) is 5.69 Å². The van der Waals surface area contributed by atoms with Crippen molar-refractivity contribution in [2.75, 3.05) is 6.54 Å². The van der Waals surface area contributed by atoms with Crippen molar-refractivity contribution >= 4 is 0 Å². The van der Waals surface area contributed by atoms with Gasteiger partial charge >= 0.3 is 0 Å². The molecule has 0 aliphatic rings. The standard InChI is InChI=1S/C14H24N2O/c1-10(2)14(9-16-11(3)4)17-13-7-6-8-15-12(13)5/h6-8,10-11,14,16H,9H2,1-5H3. The van der Waals surface area contributed by atoms with Crippen LogP contribution in [-0.2, 0) is 0 Å². The normalized spacial score (nSPS) is 13.1. The summed E-state index contributed by atoms with van der Waals surface area (Å²) < 4.78 is 6.03. The van der Waals surface area contributed by atoms with E-state index in [-0.39, 0.29) is 6.10 Å². The predicted octanol–water partition coefficient (Wildman–Crippen LogP) is 2.79. The van der Waals surface area contributed by atoms with Crippen molar-refractivity contribution in [3.05, 3.63) is 24.0 Å². The molecule has 0 saturated heterocycles. The Labute approximate surface area is 105 Å². The molecule has 0 bridgehead atoms. The molecule has 0 saturated carbocycles. The molecule has 0 fully saturated rings. The Kier molecular flexibility index (Phi) is 5.42. The smallest absolute Gasteiger partial charge is 0.140 e. The molecule has 0 radical (unpaired) electrons. The van der Waals surface area contributed by atoms with Gasteiger partial charge in [0.25, 0.3) is 0 Å². The summed E-state index contributed by atoms with van der Waals surface area (Å²) in [5.74, 6) is 1.36. The Balaban J connectivity index is 2.64. The van der Waals surface area contributed by atoms with Crippen LogP contribution in [0.4, 0.5) is 0 Å². The number of aryl methyl sites for hydroxylation is 1. The minimum Gasteiger partial charge on any atom is -0.487 e. The largest absolute Gasteiger partial charge is 0.487 e.